The normalized spacial score (nSPS) is 14.0. The monoisotopic (exact) mass is 455 g/mol. The van der Waals surface area contributed by atoms with Crippen molar-refractivity contribution in [2.24, 2.45) is 0 Å². The van der Waals surface area contributed by atoms with Crippen LogP contribution in [0.15, 0.2) is 46.9 Å². The maximum absolute atomic E-state index is 13.1. The van der Waals surface area contributed by atoms with Crippen molar-refractivity contribution in [2.75, 3.05) is 29.1 Å². The zero-order valence-corrected chi connectivity index (χ0v) is 19.1. The van der Waals surface area contributed by atoms with Crippen molar-refractivity contribution in [3.05, 3.63) is 52.8 Å². The molecule has 1 aromatic carbocycles. The zero-order valence-electron chi connectivity index (χ0n) is 17.5. The number of allylic oxidation sites excluding steroid dienone is 1. The van der Waals surface area contributed by atoms with Gasteiger partial charge < -0.3 is 10.2 Å². The summed E-state index contributed by atoms with van der Waals surface area (Å²) in [5.41, 5.74) is 2.10. The Bertz CT molecular complexity index is 1160. The molecule has 0 bridgehead atoms. The van der Waals surface area contributed by atoms with Crippen LogP contribution in [-0.4, -0.2) is 39.3 Å². The molecule has 1 saturated heterocycles. The number of piperidine rings is 1. The molecule has 9 heteroatoms. The van der Waals surface area contributed by atoms with Crippen LogP contribution in [0.5, 0.6) is 0 Å². The number of carbonyl (C=O) groups excluding carboxylic acids is 1. The standard InChI is InChI=1S/C22H25N5O2S2/c1-3-11-27-20(29)18-19(24-21(31-18)26-12-7-4-8-13-26)25-22(27)30-14-17(28)23-16-10-6-5-9-15(16)2/h3,5-6,9-10H,1,4,7-8,11-14H2,2H3,(H,23,28). The minimum Gasteiger partial charge on any atom is -0.348 e. The highest BCUT2D eigenvalue weighted by Gasteiger charge is 2.20. The van der Waals surface area contributed by atoms with Crippen LogP contribution in [0.3, 0.4) is 0 Å². The Hall–Kier alpha value is -2.65. The minimum absolute atomic E-state index is 0.132. The molecule has 0 radical (unpaired) electrons. The fourth-order valence-corrected chi connectivity index (χ4v) is 5.33. The Labute approximate surface area is 189 Å². The van der Waals surface area contributed by atoms with Gasteiger partial charge in [-0.3, -0.25) is 14.2 Å². The van der Waals surface area contributed by atoms with Crippen molar-refractivity contribution in [3.63, 3.8) is 0 Å². The first-order chi connectivity index (χ1) is 15.1. The van der Waals surface area contributed by atoms with E-state index in [0.717, 1.165) is 42.3 Å². The first-order valence-electron chi connectivity index (χ1n) is 10.3. The van der Waals surface area contributed by atoms with Crippen molar-refractivity contribution in [1.29, 1.82) is 0 Å². The maximum atomic E-state index is 13.1. The molecule has 3 aromatic rings. The zero-order chi connectivity index (χ0) is 21.8. The predicted octanol–water partition coefficient (Wildman–Crippen LogP) is 4.07. The smallest absolute Gasteiger partial charge is 0.274 e. The number of amides is 1. The molecule has 162 valence electrons. The second kappa shape index (κ2) is 9.65. The van der Waals surface area contributed by atoms with Crippen LogP contribution in [0, 0.1) is 6.92 Å². The number of para-hydroxylation sites is 1. The van der Waals surface area contributed by atoms with Crippen LogP contribution >= 0.6 is 23.1 Å². The van der Waals surface area contributed by atoms with Gasteiger partial charge in [0.15, 0.2) is 15.9 Å². The number of hydrogen-bond donors (Lipinski definition) is 1. The van der Waals surface area contributed by atoms with Gasteiger partial charge in [0.2, 0.25) is 5.91 Å². The van der Waals surface area contributed by atoms with Crippen LogP contribution in [0.1, 0.15) is 24.8 Å². The van der Waals surface area contributed by atoms with Gasteiger partial charge >= 0.3 is 0 Å². The highest BCUT2D eigenvalue weighted by atomic mass is 32.2. The van der Waals surface area contributed by atoms with Gasteiger partial charge in [-0.25, -0.2) is 4.98 Å². The molecule has 4 rings (SSSR count). The molecular weight excluding hydrogens is 430 g/mol. The quantitative estimate of drug-likeness (QED) is 0.329. The molecule has 0 saturated carbocycles. The number of thioether (sulfide) groups is 1. The first-order valence-corrected chi connectivity index (χ1v) is 12.1. The fraction of sp³-hybridized carbons (Fsp3) is 0.364. The third-order valence-corrected chi connectivity index (χ3v) is 7.23. The van der Waals surface area contributed by atoms with E-state index in [-0.39, 0.29) is 17.2 Å². The van der Waals surface area contributed by atoms with Gasteiger partial charge in [0.1, 0.15) is 4.70 Å². The Balaban J connectivity index is 1.57. The summed E-state index contributed by atoms with van der Waals surface area (Å²) < 4.78 is 2.12. The Morgan fingerprint density at radius 2 is 2.03 bits per heavy atom. The molecule has 1 N–H and O–H groups in total. The number of nitrogens with zero attached hydrogens (tertiary/aromatic N) is 4. The summed E-state index contributed by atoms with van der Waals surface area (Å²) in [6.45, 7) is 7.96. The average Bonchev–Trinajstić information content (AvgIpc) is 3.21. The second-order valence-electron chi connectivity index (χ2n) is 7.45. The molecule has 31 heavy (non-hydrogen) atoms. The summed E-state index contributed by atoms with van der Waals surface area (Å²) in [5, 5.41) is 4.25. The number of benzene rings is 1. The van der Waals surface area contributed by atoms with Crippen molar-refractivity contribution in [3.8, 4) is 0 Å². The van der Waals surface area contributed by atoms with E-state index in [4.69, 9.17) is 0 Å². The number of carbonyl (C=O) groups is 1. The predicted molar refractivity (Wildman–Crippen MR) is 128 cm³/mol. The average molecular weight is 456 g/mol. The Morgan fingerprint density at radius 1 is 1.26 bits per heavy atom. The number of anilines is 2. The van der Waals surface area contributed by atoms with Crippen LogP contribution in [-0.2, 0) is 11.3 Å². The lowest BCUT2D eigenvalue weighted by atomic mass is 10.1. The summed E-state index contributed by atoms with van der Waals surface area (Å²) in [5.74, 6) is -0.00177. The molecule has 7 nitrogen and oxygen atoms in total. The third-order valence-electron chi connectivity index (χ3n) is 5.16. The second-order valence-corrected chi connectivity index (χ2v) is 9.37. The Kier molecular flexibility index (Phi) is 6.72. The molecule has 1 aliphatic rings. The lowest BCUT2D eigenvalue weighted by Gasteiger charge is -2.25. The van der Waals surface area contributed by atoms with Crippen molar-refractivity contribution in [1.82, 2.24) is 14.5 Å². The maximum Gasteiger partial charge on any atom is 0.274 e. The number of aryl methyl sites for hydroxylation is 1. The van der Waals surface area contributed by atoms with Crippen LogP contribution in [0.2, 0.25) is 0 Å². The fourth-order valence-electron chi connectivity index (χ4n) is 3.53. The topological polar surface area (TPSA) is 80.1 Å². The third kappa shape index (κ3) is 4.83. The molecule has 0 unspecified atom stereocenters. The lowest BCUT2D eigenvalue weighted by Crippen LogP contribution is -2.29. The summed E-state index contributed by atoms with van der Waals surface area (Å²) in [7, 11) is 0. The molecule has 1 aliphatic heterocycles. The molecular formula is C22H25N5O2S2. The number of thiazole rings is 1. The van der Waals surface area contributed by atoms with Crippen LogP contribution < -0.4 is 15.8 Å². The van der Waals surface area contributed by atoms with Crippen molar-refractivity contribution < 1.29 is 4.79 Å². The number of hydrogen-bond acceptors (Lipinski definition) is 7. The lowest BCUT2D eigenvalue weighted by molar-refractivity contribution is -0.113. The molecule has 0 atom stereocenters. The van der Waals surface area contributed by atoms with Crippen LogP contribution in [0.25, 0.3) is 10.3 Å². The van der Waals surface area contributed by atoms with E-state index in [2.05, 4.69) is 26.8 Å². The minimum atomic E-state index is -0.147. The molecule has 3 heterocycles. The number of nitrogens with one attached hydrogen (secondary N) is 1. The van der Waals surface area contributed by atoms with E-state index in [0.29, 0.717) is 22.0 Å². The van der Waals surface area contributed by atoms with E-state index < -0.39 is 0 Å². The molecule has 0 aliphatic carbocycles. The van der Waals surface area contributed by atoms with Gasteiger partial charge in [-0.2, -0.15) is 4.98 Å². The summed E-state index contributed by atoms with van der Waals surface area (Å²) in [4.78, 5) is 37.1. The number of fused-ring (bicyclic) bond motifs is 1. The van der Waals surface area contributed by atoms with E-state index >= 15 is 0 Å². The molecule has 0 spiro atoms. The number of aromatic nitrogens is 3. The van der Waals surface area contributed by atoms with E-state index in [1.165, 1.54) is 29.5 Å². The van der Waals surface area contributed by atoms with Gasteiger partial charge in [0.05, 0.1) is 5.75 Å². The van der Waals surface area contributed by atoms with Gasteiger partial charge in [-0.05, 0) is 37.8 Å². The van der Waals surface area contributed by atoms with Gasteiger partial charge in [0, 0.05) is 25.3 Å². The molecule has 1 fully saturated rings. The van der Waals surface area contributed by atoms with Crippen molar-refractivity contribution >= 4 is 50.2 Å². The van der Waals surface area contributed by atoms with Crippen molar-refractivity contribution in [2.45, 2.75) is 37.9 Å². The summed E-state index contributed by atoms with van der Waals surface area (Å²) in [6, 6.07) is 7.63. The summed E-state index contributed by atoms with van der Waals surface area (Å²) >= 11 is 2.64. The van der Waals surface area contributed by atoms with E-state index in [1.54, 1.807) is 10.6 Å². The largest absolute Gasteiger partial charge is 0.348 e. The van der Waals surface area contributed by atoms with Gasteiger partial charge in [-0.15, -0.1) is 6.58 Å². The highest BCUT2D eigenvalue weighted by Crippen LogP contribution is 2.29. The molecule has 2 aromatic heterocycles. The number of rotatable bonds is 7. The molecule has 1 amide bonds. The van der Waals surface area contributed by atoms with Gasteiger partial charge in [-0.1, -0.05) is 47.4 Å². The van der Waals surface area contributed by atoms with E-state index in [9.17, 15) is 9.59 Å². The first kappa shape index (κ1) is 21.6. The van der Waals surface area contributed by atoms with E-state index in [1.807, 2.05) is 31.2 Å². The van der Waals surface area contributed by atoms with Gasteiger partial charge in [0.25, 0.3) is 5.56 Å². The Morgan fingerprint density at radius 3 is 2.77 bits per heavy atom. The SMILES string of the molecule is C=CCn1c(SCC(=O)Nc2ccccc2C)nc2nc(N3CCCCC3)sc2c1=O. The van der Waals surface area contributed by atoms with Crippen LogP contribution in [0.4, 0.5) is 10.8 Å². The highest BCUT2D eigenvalue weighted by molar-refractivity contribution is 7.99. The summed E-state index contributed by atoms with van der Waals surface area (Å²) in [6.07, 6.45) is 5.18.